The van der Waals surface area contributed by atoms with E-state index in [1.165, 1.54) is 0 Å². The third-order valence-electron chi connectivity index (χ3n) is 3.53. The van der Waals surface area contributed by atoms with Crippen molar-refractivity contribution < 1.29 is 93.8 Å². The van der Waals surface area contributed by atoms with Crippen molar-refractivity contribution in [1.82, 2.24) is 0 Å². The van der Waals surface area contributed by atoms with Crippen LogP contribution in [0.4, 0.5) is 0 Å². The van der Waals surface area contributed by atoms with Crippen LogP contribution >= 0.6 is 11.8 Å². The van der Waals surface area contributed by atoms with Crippen molar-refractivity contribution in [3.8, 4) is 0 Å². The molecule has 0 aromatic heterocycles. The largest absolute Gasteiger partial charge is 1.00 e. The molecule has 0 saturated carbocycles. The fraction of sp³-hybridized carbons (Fsp3) is 0.500. The average Bonchev–Trinajstić information content (AvgIpc) is 2.60. The van der Waals surface area contributed by atoms with E-state index >= 15 is 0 Å². The molecule has 1 aromatic carbocycles. The Morgan fingerprint density at radius 3 is 2.37 bits per heavy atom. The van der Waals surface area contributed by atoms with E-state index in [4.69, 9.17) is 4.74 Å². The van der Waals surface area contributed by atoms with Crippen molar-refractivity contribution in [1.29, 1.82) is 0 Å². The molecule has 1 aromatic rings. The summed E-state index contributed by atoms with van der Waals surface area (Å²) in [5.41, 5.74) is -0.485. The maximum Gasteiger partial charge on any atom is 1.00 e. The summed E-state index contributed by atoms with van der Waals surface area (Å²) in [4.78, 5) is 0. The second kappa shape index (κ2) is 11.5. The average molecular weight is 448 g/mol. The maximum absolute atomic E-state index is 10.7. The van der Waals surface area contributed by atoms with Crippen molar-refractivity contribution in [3.05, 3.63) is 35.9 Å². The van der Waals surface area contributed by atoms with Gasteiger partial charge in [-0.2, -0.15) is 8.42 Å². The van der Waals surface area contributed by atoms with E-state index in [1.54, 1.807) is 30.3 Å². The number of nitrogens with zero attached hydrogens (tertiary/aromatic N) is 1. The monoisotopic (exact) mass is 447 g/mol. The summed E-state index contributed by atoms with van der Waals surface area (Å²) in [6, 6.07) is 8.67. The minimum atomic E-state index is -5.08. The smallest absolute Gasteiger partial charge is 0.714 e. The predicted octanol–water partition coefficient (Wildman–Crippen LogP) is -4.44. The van der Waals surface area contributed by atoms with Gasteiger partial charge in [-0.15, -0.1) is 0 Å². The molecule has 10 nitrogen and oxygen atoms in total. The van der Waals surface area contributed by atoms with Crippen LogP contribution in [-0.4, -0.2) is 74.9 Å². The Kier molecular flexibility index (Phi) is 10.9. The van der Waals surface area contributed by atoms with Crippen LogP contribution in [0, 0.1) is 0 Å². The van der Waals surface area contributed by atoms with Crippen molar-refractivity contribution in [3.63, 3.8) is 0 Å². The Balaban J connectivity index is 0.00000364. The van der Waals surface area contributed by atoms with Crippen molar-refractivity contribution >= 4 is 27.2 Å². The first-order chi connectivity index (χ1) is 12.2. The van der Waals surface area contributed by atoms with E-state index in [0.29, 0.717) is 17.3 Å². The van der Waals surface area contributed by atoms with Crippen LogP contribution in [0.2, 0.25) is 0 Å². The molecule has 0 spiro atoms. The SMILES string of the molecule is O=S(=O)([O-])O/N=C(\Cc1ccccc1)SC1OC(CO)C(O)C(O)C1O.[K+]. The number of hydrogen-bond donors (Lipinski definition) is 4. The van der Waals surface area contributed by atoms with E-state index in [2.05, 4.69) is 9.44 Å². The minimum absolute atomic E-state index is 0. The number of ether oxygens (including phenoxy) is 1. The molecule has 1 aliphatic heterocycles. The zero-order chi connectivity index (χ0) is 19.3. The molecule has 1 heterocycles. The third kappa shape index (κ3) is 7.96. The third-order valence-corrected chi connectivity index (χ3v) is 4.90. The number of thioether (sulfide) groups is 1. The fourth-order valence-electron chi connectivity index (χ4n) is 2.25. The van der Waals surface area contributed by atoms with Gasteiger partial charge < -0.3 is 29.7 Å². The van der Waals surface area contributed by atoms with E-state index < -0.39 is 46.9 Å². The first kappa shape index (κ1) is 25.4. The maximum atomic E-state index is 10.7. The molecule has 2 rings (SSSR count). The second-order valence-corrected chi connectivity index (χ2v) is 7.58. The van der Waals surface area contributed by atoms with Gasteiger partial charge in [-0.3, -0.25) is 4.28 Å². The molecule has 5 unspecified atom stereocenters. The van der Waals surface area contributed by atoms with Gasteiger partial charge in [0.25, 0.3) is 10.4 Å². The number of aliphatic hydroxyl groups is 4. The summed E-state index contributed by atoms with van der Waals surface area (Å²) >= 11 is 0.701. The standard InChI is InChI=1S/C14H19NO9S2.K/c16-7-9-11(17)12(18)13(19)14(23-9)25-10(15-24-26(20,21)22)6-8-4-2-1-3-5-8;/h1-5,9,11-14,16-19H,6-7H2,(H,20,21,22);/q;+1/p-1/b15-10+;. The molecular formula is C14H18KNO9S2. The van der Waals surface area contributed by atoms with E-state index in [-0.39, 0.29) is 62.8 Å². The van der Waals surface area contributed by atoms with Gasteiger partial charge in [0.2, 0.25) is 0 Å². The fourth-order valence-corrected chi connectivity index (χ4v) is 3.58. The molecular weight excluding hydrogens is 429 g/mol. The van der Waals surface area contributed by atoms with E-state index in [9.17, 15) is 33.4 Å². The number of benzene rings is 1. The van der Waals surface area contributed by atoms with Crippen LogP contribution in [0.15, 0.2) is 35.5 Å². The van der Waals surface area contributed by atoms with Gasteiger partial charge in [-0.25, -0.2) is 0 Å². The van der Waals surface area contributed by atoms with Crippen LogP contribution in [0.1, 0.15) is 5.56 Å². The van der Waals surface area contributed by atoms with E-state index in [0.717, 1.165) is 0 Å². The molecule has 13 heteroatoms. The molecule has 1 saturated heterocycles. The van der Waals surface area contributed by atoms with Gasteiger partial charge >= 0.3 is 51.4 Å². The normalized spacial score (nSPS) is 29.1. The number of rotatable bonds is 6. The van der Waals surface area contributed by atoms with Crippen LogP contribution in [0.5, 0.6) is 0 Å². The summed E-state index contributed by atoms with van der Waals surface area (Å²) in [5, 5.41) is 42.1. The second-order valence-electron chi connectivity index (χ2n) is 5.45. The molecule has 146 valence electrons. The molecule has 0 bridgehead atoms. The van der Waals surface area contributed by atoms with Gasteiger partial charge in [0, 0.05) is 6.42 Å². The summed E-state index contributed by atoms with van der Waals surface area (Å²) in [5.74, 6) is 0. The molecule has 27 heavy (non-hydrogen) atoms. The Bertz CT molecular complexity index is 717. The van der Waals surface area contributed by atoms with Crippen molar-refractivity contribution in [2.24, 2.45) is 5.16 Å². The Labute approximate surface area is 202 Å². The predicted molar refractivity (Wildman–Crippen MR) is 89.7 cm³/mol. The summed E-state index contributed by atoms with van der Waals surface area (Å²) in [6.07, 6.45) is -5.76. The summed E-state index contributed by atoms with van der Waals surface area (Å²) < 4.78 is 41.2. The minimum Gasteiger partial charge on any atom is -0.714 e. The van der Waals surface area contributed by atoms with Crippen LogP contribution in [-0.2, 0) is 25.8 Å². The van der Waals surface area contributed by atoms with Crippen LogP contribution in [0.25, 0.3) is 0 Å². The molecule has 4 N–H and O–H groups in total. The van der Waals surface area contributed by atoms with Crippen LogP contribution < -0.4 is 51.4 Å². The Morgan fingerprint density at radius 1 is 1.19 bits per heavy atom. The number of hydrogen-bond acceptors (Lipinski definition) is 11. The zero-order valence-corrected chi connectivity index (χ0v) is 19.0. The van der Waals surface area contributed by atoms with Gasteiger partial charge in [0.15, 0.2) is 0 Å². The van der Waals surface area contributed by atoms with Gasteiger partial charge in [0.1, 0.15) is 34.9 Å². The first-order valence-electron chi connectivity index (χ1n) is 7.43. The number of oxime groups is 1. The first-order valence-corrected chi connectivity index (χ1v) is 9.65. The van der Waals surface area contributed by atoms with Gasteiger partial charge in [-0.05, 0) is 5.56 Å². The molecule has 5 atom stereocenters. The molecule has 0 radical (unpaired) electrons. The van der Waals surface area contributed by atoms with E-state index in [1.807, 2.05) is 0 Å². The molecule has 1 aliphatic rings. The van der Waals surface area contributed by atoms with Crippen molar-refractivity contribution in [2.75, 3.05) is 6.61 Å². The molecule has 0 aliphatic carbocycles. The van der Waals surface area contributed by atoms with Crippen molar-refractivity contribution in [2.45, 2.75) is 36.3 Å². The van der Waals surface area contributed by atoms with Crippen LogP contribution in [0.3, 0.4) is 0 Å². The summed E-state index contributed by atoms with van der Waals surface area (Å²) in [7, 11) is -5.08. The summed E-state index contributed by atoms with van der Waals surface area (Å²) in [6.45, 7) is -0.612. The molecule has 1 fully saturated rings. The Morgan fingerprint density at radius 2 is 1.81 bits per heavy atom. The Hall–Kier alpha value is 0.386. The number of aliphatic hydroxyl groups excluding tert-OH is 4. The van der Waals surface area contributed by atoms with Gasteiger partial charge in [-0.1, -0.05) is 47.2 Å². The zero-order valence-electron chi connectivity index (χ0n) is 14.3. The quantitative estimate of drug-likeness (QED) is 0.0833. The van der Waals surface area contributed by atoms with Gasteiger partial charge in [0.05, 0.1) is 6.61 Å². The topological polar surface area (TPSA) is 169 Å². The molecule has 0 amide bonds.